The summed E-state index contributed by atoms with van der Waals surface area (Å²) in [6.45, 7) is 5.03. The fraction of sp³-hybridized carbons (Fsp3) is 0.350. The van der Waals surface area contributed by atoms with Crippen LogP contribution in [0.15, 0.2) is 47.4 Å². The van der Waals surface area contributed by atoms with E-state index in [1.807, 2.05) is 13.8 Å². The molecule has 1 aliphatic heterocycles. The van der Waals surface area contributed by atoms with Crippen molar-refractivity contribution in [1.82, 2.24) is 4.31 Å². The molecule has 150 valence electrons. The summed E-state index contributed by atoms with van der Waals surface area (Å²) < 4.78 is 53.7. The first kappa shape index (κ1) is 20.4. The first-order valence-electron chi connectivity index (χ1n) is 9.03. The predicted octanol–water partition coefficient (Wildman–Crippen LogP) is 3.88. The van der Waals surface area contributed by atoms with Crippen LogP contribution in [0, 0.1) is 23.5 Å². The smallest absolute Gasteiger partial charge is 0.255 e. The lowest BCUT2D eigenvalue weighted by atomic mass is 9.94. The van der Waals surface area contributed by atoms with Crippen LogP contribution in [0.4, 0.5) is 14.5 Å². The quantitative estimate of drug-likeness (QED) is 0.835. The van der Waals surface area contributed by atoms with Gasteiger partial charge in [0, 0.05) is 30.4 Å². The molecule has 1 fully saturated rings. The monoisotopic (exact) mass is 408 g/mol. The van der Waals surface area contributed by atoms with Crippen molar-refractivity contribution >= 4 is 21.6 Å². The third-order valence-electron chi connectivity index (χ3n) is 4.71. The van der Waals surface area contributed by atoms with Gasteiger partial charge in [-0.1, -0.05) is 13.8 Å². The zero-order valence-electron chi connectivity index (χ0n) is 15.7. The van der Waals surface area contributed by atoms with E-state index in [4.69, 9.17) is 0 Å². The summed E-state index contributed by atoms with van der Waals surface area (Å²) in [4.78, 5) is 12.3. The fourth-order valence-corrected chi connectivity index (χ4v) is 5.23. The minimum atomic E-state index is -3.62. The van der Waals surface area contributed by atoms with Crippen LogP contribution in [0.3, 0.4) is 0 Å². The van der Waals surface area contributed by atoms with E-state index in [1.165, 1.54) is 28.6 Å². The minimum Gasteiger partial charge on any atom is -0.322 e. The van der Waals surface area contributed by atoms with Gasteiger partial charge in [-0.15, -0.1) is 0 Å². The lowest BCUT2D eigenvalue weighted by Crippen LogP contribution is -2.42. The van der Waals surface area contributed by atoms with Gasteiger partial charge in [0.1, 0.15) is 11.6 Å². The fourth-order valence-electron chi connectivity index (χ4n) is 3.55. The van der Waals surface area contributed by atoms with Crippen LogP contribution in [-0.4, -0.2) is 31.7 Å². The first-order valence-corrected chi connectivity index (χ1v) is 10.5. The Labute approximate surface area is 163 Å². The average molecular weight is 408 g/mol. The highest BCUT2D eigenvalue weighted by atomic mass is 32.2. The Morgan fingerprint density at radius 1 is 1.00 bits per heavy atom. The number of benzene rings is 2. The van der Waals surface area contributed by atoms with Crippen LogP contribution in [0.1, 0.15) is 30.6 Å². The van der Waals surface area contributed by atoms with E-state index in [1.54, 1.807) is 0 Å². The number of hydrogen-bond acceptors (Lipinski definition) is 3. The molecule has 0 unspecified atom stereocenters. The summed E-state index contributed by atoms with van der Waals surface area (Å²) in [5.74, 6) is -1.80. The van der Waals surface area contributed by atoms with Gasteiger partial charge in [-0.25, -0.2) is 17.2 Å². The van der Waals surface area contributed by atoms with E-state index in [9.17, 15) is 22.0 Å². The topological polar surface area (TPSA) is 66.5 Å². The highest BCUT2D eigenvalue weighted by Gasteiger charge is 2.31. The normalized spacial score (nSPS) is 20.7. The standard InChI is InChI=1S/C20H22F2N2O3S/c1-13-7-14(2)12-24(11-13)28(26,27)19-5-3-18(4-6-19)23-20(25)15-8-16(21)10-17(22)9-15/h3-6,8-10,13-14H,7,11-12H2,1-2H3,(H,23,25)/t13-,14+. The number of halogens is 2. The molecule has 8 heteroatoms. The Kier molecular flexibility index (Phi) is 5.81. The van der Waals surface area contributed by atoms with Gasteiger partial charge in [-0.2, -0.15) is 4.31 Å². The summed E-state index contributed by atoms with van der Waals surface area (Å²) in [5.41, 5.74) is 0.166. The molecule has 2 aromatic rings. The predicted molar refractivity (Wildman–Crippen MR) is 102 cm³/mol. The summed E-state index contributed by atoms with van der Waals surface area (Å²) in [7, 11) is -3.62. The van der Waals surface area contributed by atoms with Crippen LogP contribution in [0.2, 0.25) is 0 Å². The third-order valence-corrected chi connectivity index (χ3v) is 6.56. The second kappa shape index (κ2) is 7.97. The molecule has 0 aromatic heterocycles. The van der Waals surface area contributed by atoms with E-state index < -0.39 is 27.6 Å². The molecule has 2 aromatic carbocycles. The van der Waals surface area contributed by atoms with Gasteiger partial charge in [0.15, 0.2) is 0 Å². The molecular formula is C20H22F2N2O3S. The van der Waals surface area contributed by atoms with Crippen LogP contribution in [0.25, 0.3) is 0 Å². The van der Waals surface area contributed by atoms with Crippen LogP contribution < -0.4 is 5.32 Å². The van der Waals surface area contributed by atoms with Crippen LogP contribution in [-0.2, 0) is 10.0 Å². The molecule has 5 nitrogen and oxygen atoms in total. The maximum atomic E-state index is 13.3. The van der Waals surface area contributed by atoms with Crippen molar-refractivity contribution in [3.8, 4) is 0 Å². The number of amides is 1. The second-order valence-corrected chi connectivity index (χ2v) is 9.34. The van der Waals surface area contributed by atoms with E-state index in [-0.39, 0.29) is 10.5 Å². The Bertz CT molecular complexity index is 947. The average Bonchev–Trinajstić information content (AvgIpc) is 2.60. The van der Waals surface area contributed by atoms with Crippen molar-refractivity contribution in [2.45, 2.75) is 25.2 Å². The number of sulfonamides is 1. The number of anilines is 1. The number of rotatable bonds is 4. The maximum Gasteiger partial charge on any atom is 0.255 e. The summed E-state index contributed by atoms with van der Waals surface area (Å²) in [6.07, 6.45) is 0.998. The Morgan fingerprint density at radius 3 is 2.07 bits per heavy atom. The van der Waals surface area contributed by atoms with E-state index in [0.29, 0.717) is 36.7 Å². The van der Waals surface area contributed by atoms with Gasteiger partial charge in [0.25, 0.3) is 5.91 Å². The largest absolute Gasteiger partial charge is 0.322 e. The second-order valence-electron chi connectivity index (χ2n) is 7.40. The summed E-state index contributed by atoms with van der Waals surface area (Å²) >= 11 is 0. The maximum absolute atomic E-state index is 13.3. The zero-order valence-corrected chi connectivity index (χ0v) is 16.5. The van der Waals surface area contributed by atoms with Crippen molar-refractivity contribution in [3.63, 3.8) is 0 Å². The van der Waals surface area contributed by atoms with E-state index in [2.05, 4.69) is 5.32 Å². The Balaban J connectivity index is 1.75. The van der Waals surface area contributed by atoms with Crippen molar-refractivity contribution in [2.75, 3.05) is 18.4 Å². The number of hydrogen-bond donors (Lipinski definition) is 1. The van der Waals surface area contributed by atoms with Gasteiger partial charge in [0.05, 0.1) is 4.90 Å². The molecule has 0 aliphatic carbocycles. The van der Waals surface area contributed by atoms with E-state index >= 15 is 0 Å². The first-order chi connectivity index (χ1) is 13.1. The molecule has 1 saturated heterocycles. The zero-order chi connectivity index (χ0) is 20.5. The molecule has 3 rings (SSSR count). The number of carbonyl (C=O) groups excluding carboxylic acids is 1. The van der Waals surface area contributed by atoms with Gasteiger partial charge in [0.2, 0.25) is 10.0 Å². The van der Waals surface area contributed by atoms with Gasteiger partial charge >= 0.3 is 0 Å². The van der Waals surface area contributed by atoms with Crippen molar-refractivity contribution in [2.24, 2.45) is 11.8 Å². The molecule has 0 radical (unpaired) electrons. The van der Waals surface area contributed by atoms with Crippen LogP contribution in [0.5, 0.6) is 0 Å². The summed E-state index contributed by atoms with van der Waals surface area (Å²) in [6, 6.07) is 8.28. The lowest BCUT2D eigenvalue weighted by Gasteiger charge is -2.34. The molecular weight excluding hydrogens is 386 g/mol. The molecule has 1 aliphatic rings. The molecule has 1 heterocycles. The van der Waals surface area contributed by atoms with Crippen molar-refractivity contribution < 1.29 is 22.0 Å². The van der Waals surface area contributed by atoms with Gasteiger partial charge < -0.3 is 5.32 Å². The molecule has 0 bridgehead atoms. The molecule has 0 spiro atoms. The van der Waals surface area contributed by atoms with Gasteiger partial charge in [-0.05, 0) is 54.7 Å². The SMILES string of the molecule is C[C@@H]1C[C@H](C)CN(S(=O)(=O)c2ccc(NC(=O)c3cc(F)cc(F)c3)cc2)C1. The minimum absolute atomic E-state index is 0.142. The van der Waals surface area contributed by atoms with Gasteiger partial charge in [-0.3, -0.25) is 4.79 Å². The van der Waals surface area contributed by atoms with Crippen molar-refractivity contribution in [1.29, 1.82) is 0 Å². The number of piperidine rings is 1. The lowest BCUT2D eigenvalue weighted by molar-refractivity contribution is 0.102. The summed E-state index contributed by atoms with van der Waals surface area (Å²) in [5, 5.41) is 2.50. The number of carbonyl (C=O) groups is 1. The number of nitrogens with zero attached hydrogens (tertiary/aromatic N) is 1. The Hall–Kier alpha value is -2.32. The molecule has 0 saturated carbocycles. The molecule has 28 heavy (non-hydrogen) atoms. The van der Waals surface area contributed by atoms with Crippen LogP contribution >= 0.6 is 0 Å². The highest BCUT2D eigenvalue weighted by Crippen LogP contribution is 2.27. The third kappa shape index (κ3) is 4.56. The number of nitrogens with one attached hydrogen (secondary N) is 1. The Morgan fingerprint density at radius 2 is 1.54 bits per heavy atom. The van der Waals surface area contributed by atoms with Crippen molar-refractivity contribution in [3.05, 3.63) is 59.7 Å². The molecule has 1 N–H and O–H groups in total. The molecule has 1 amide bonds. The van der Waals surface area contributed by atoms with E-state index in [0.717, 1.165) is 18.6 Å². The molecule has 2 atom stereocenters. The highest BCUT2D eigenvalue weighted by molar-refractivity contribution is 7.89.